The molecular weight excluding hydrogens is 347 g/mol. The third-order valence-electron chi connectivity index (χ3n) is 4.57. The third kappa shape index (κ3) is 3.42. The van der Waals surface area contributed by atoms with Crippen LogP contribution in [0.4, 0.5) is 4.39 Å². The number of rotatable bonds is 2. The van der Waals surface area contributed by atoms with Crippen molar-refractivity contribution >= 4 is 30.1 Å². The summed E-state index contributed by atoms with van der Waals surface area (Å²) in [5.74, 6) is 0.0304. The lowest BCUT2D eigenvalue weighted by atomic mass is 9.89. The fraction of sp³-hybridized carbons (Fsp3) is 0.333. The number of pyridine rings is 1. The molecule has 0 aliphatic carbocycles. The summed E-state index contributed by atoms with van der Waals surface area (Å²) in [7, 11) is 0. The zero-order valence-electron chi connectivity index (χ0n) is 13.3. The van der Waals surface area contributed by atoms with Gasteiger partial charge in [0, 0.05) is 24.8 Å². The molecule has 2 aromatic rings. The van der Waals surface area contributed by atoms with Gasteiger partial charge in [-0.1, -0.05) is 23.7 Å². The maximum absolute atomic E-state index is 13.0. The van der Waals surface area contributed by atoms with Crippen LogP contribution in [0.1, 0.15) is 40.2 Å². The first kappa shape index (κ1) is 17.2. The first-order chi connectivity index (χ1) is 11.5. The van der Waals surface area contributed by atoms with Gasteiger partial charge in [-0.3, -0.25) is 4.79 Å². The van der Waals surface area contributed by atoms with Crippen molar-refractivity contribution in [1.82, 2.24) is 9.88 Å². The van der Waals surface area contributed by atoms with Crippen LogP contribution in [0.2, 0.25) is 5.02 Å². The standard InChI is InChI=1S/C18H18ClFN2OS/c1-11-16(19)15(10-21-17(11)24)18(23)22-8-6-13(7-9-22)12-2-4-14(20)5-3-12/h2-5,10,13H,6-9H2,1H3,(H,21,24). The molecule has 3 nitrogen and oxygen atoms in total. The average molecular weight is 365 g/mol. The van der Waals surface area contributed by atoms with Gasteiger partial charge in [0.05, 0.1) is 15.6 Å². The minimum Gasteiger partial charge on any atom is -0.339 e. The van der Waals surface area contributed by atoms with Crippen molar-refractivity contribution in [2.75, 3.05) is 13.1 Å². The highest BCUT2D eigenvalue weighted by atomic mass is 35.5. The van der Waals surface area contributed by atoms with Crippen molar-refractivity contribution in [2.24, 2.45) is 0 Å². The van der Waals surface area contributed by atoms with Crippen molar-refractivity contribution in [1.29, 1.82) is 0 Å². The van der Waals surface area contributed by atoms with E-state index in [4.69, 9.17) is 11.6 Å². The quantitative estimate of drug-likeness (QED) is 0.796. The number of amides is 1. The van der Waals surface area contributed by atoms with Crippen LogP contribution in [0.25, 0.3) is 0 Å². The minimum absolute atomic E-state index is 0.0958. The van der Waals surface area contributed by atoms with Crippen LogP contribution in [0.3, 0.4) is 0 Å². The van der Waals surface area contributed by atoms with E-state index in [2.05, 4.69) is 17.6 Å². The van der Waals surface area contributed by atoms with E-state index < -0.39 is 0 Å². The Hall–Kier alpha value is -1.59. The summed E-state index contributed by atoms with van der Waals surface area (Å²) in [5.41, 5.74) is 2.26. The zero-order chi connectivity index (χ0) is 17.3. The molecule has 0 spiro atoms. The Labute approximate surface area is 151 Å². The smallest absolute Gasteiger partial charge is 0.256 e. The molecule has 126 valence electrons. The fourth-order valence-electron chi connectivity index (χ4n) is 3.05. The highest BCUT2D eigenvalue weighted by Crippen LogP contribution is 2.30. The summed E-state index contributed by atoms with van der Waals surface area (Å²) in [6, 6.07) is 6.63. The number of likely N-dealkylation sites (tertiary alicyclic amines) is 1. The maximum atomic E-state index is 13.0. The molecule has 0 atom stereocenters. The minimum atomic E-state index is -0.225. The molecule has 0 N–H and O–H groups in total. The molecule has 0 radical (unpaired) electrons. The first-order valence-corrected chi connectivity index (χ1v) is 8.68. The number of benzene rings is 1. The molecule has 2 heterocycles. The average Bonchev–Trinajstić information content (AvgIpc) is 2.60. The van der Waals surface area contributed by atoms with Crippen LogP contribution < -0.4 is 0 Å². The number of piperidine rings is 1. The summed E-state index contributed by atoms with van der Waals surface area (Å²) in [6.07, 6.45) is 3.20. The normalized spacial score (nSPS) is 15.6. The Kier molecular flexibility index (Phi) is 5.11. The van der Waals surface area contributed by atoms with Crippen LogP contribution in [0.5, 0.6) is 0 Å². The van der Waals surface area contributed by atoms with Gasteiger partial charge >= 0.3 is 0 Å². The topological polar surface area (TPSA) is 33.2 Å². The monoisotopic (exact) mass is 364 g/mol. The second-order valence-corrected chi connectivity index (χ2v) is 6.85. The van der Waals surface area contributed by atoms with Crippen molar-refractivity contribution < 1.29 is 9.18 Å². The van der Waals surface area contributed by atoms with E-state index in [1.165, 1.54) is 18.3 Å². The van der Waals surface area contributed by atoms with Crippen LogP contribution in [-0.4, -0.2) is 28.9 Å². The number of thiol groups is 1. The molecule has 0 unspecified atom stereocenters. The predicted molar refractivity (Wildman–Crippen MR) is 95.5 cm³/mol. The Morgan fingerprint density at radius 1 is 1.29 bits per heavy atom. The molecule has 1 fully saturated rings. The highest BCUT2D eigenvalue weighted by molar-refractivity contribution is 7.80. The molecule has 0 bridgehead atoms. The number of carbonyl (C=O) groups excluding carboxylic acids is 1. The number of nitrogens with zero attached hydrogens (tertiary/aromatic N) is 2. The van der Waals surface area contributed by atoms with E-state index in [0.717, 1.165) is 18.4 Å². The van der Waals surface area contributed by atoms with Crippen molar-refractivity contribution in [3.63, 3.8) is 0 Å². The van der Waals surface area contributed by atoms with Gasteiger partial charge in [0.1, 0.15) is 5.82 Å². The van der Waals surface area contributed by atoms with E-state index in [-0.39, 0.29) is 11.7 Å². The van der Waals surface area contributed by atoms with Gasteiger partial charge in [-0.25, -0.2) is 9.37 Å². The van der Waals surface area contributed by atoms with Crippen LogP contribution in [0, 0.1) is 12.7 Å². The lowest BCUT2D eigenvalue weighted by Gasteiger charge is -2.32. The lowest BCUT2D eigenvalue weighted by molar-refractivity contribution is 0.0712. The molecule has 1 aromatic heterocycles. The molecule has 1 aliphatic rings. The molecule has 1 saturated heterocycles. The van der Waals surface area contributed by atoms with E-state index in [1.807, 2.05) is 12.1 Å². The van der Waals surface area contributed by atoms with Gasteiger partial charge < -0.3 is 4.90 Å². The van der Waals surface area contributed by atoms with Crippen LogP contribution in [-0.2, 0) is 0 Å². The molecule has 0 saturated carbocycles. The van der Waals surface area contributed by atoms with Crippen LogP contribution in [0.15, 0.2) is 35.5 Å². The highest BCUT2D eigenvalue weighted by Gasteiger charge is 2.26. The summed E-state index contributed by atoms with van der Waals surface area (Å²) >= 11 is 10.5. The first-order valence-electron chi connectivity index (χ1n) is 7.86. The number of halogens is 2. The summed E-state index contributed by atoms with van der Waals surface area (Å²) in [6.45, 7) is 3.10. The summed E-state index contributed by atoms with van der Waals surface area (Å²) in [5, 5.41) is 0.951. The van der Waals surface area contributed by atoms with Gasteiger partial charge in [0.25, 0.3) is 5.91 Å². The number of hydrogen-bond acceptors (Lipinski definition) is 3. The van der Waals surface area contributed by atoms with Crippen molar-refractivity contribution in [3.05, 3.63) is 58.0 Å². The van der Waals surface area contributed by atoms with Crippen LogP contribution >= 0.6 is 24.2 Å². The largest absolute Gasteiger partial charge is 0.339 e. The predicted octanol–water partition coefficient (Wildman–Crippen LogP) is 4.49. The second-order valence-electron chi connectivity index (χ2n) is 6.05. The summed E-state index contributed by atoms with van der Waals surface area (Å²) in [4.78, 5) is 18.6. The van der Waals surface area contributed by atoms with Gasteiger partial charge in [-0.15, -0.1) is 12.6 Å². The van der Waals surface area contributed by atoms with E-state index in [9.17, 15) is 9.18 Å². The van der Waals surface area contributed by atoms with Crippen molar-refractivity contribution in [2.45, 2.75) is 30.7 Å². The zero-order valence-corrected chi connectivity index (χ0v) is 14.9. The fourth-order valence-corrected chi connectivity index (χ4v) is 3.50. The molecular formula is C18H18ClFN2OS. The Morgan fingerprint density at radius 2 is 1.92 bits per heavy atom. The van der Waals surface area contributed by atoms with E-state index in [0.29, 0.717) is 40.2 Å². The third-order valence-corrected chi connectivity index (χ3v) is 5.51. The van der Waals surface area contributed by atoms with Gasteiger partial charge in [0.2, 0.25) is 0 Å². The molecule has 1 aromatic carbocycles. The Bertz CT molecular complexity index is 758. The summed E-state index contributed by atoms with van der Waals surface area (Å²) < 4.78 is 13.0. The Morgan fingerprint density at radius 3 is 2.54 bits per heavy atom. The number of aromatic nitrogens is 1. The lowest BCUT2D eigenvalue weighted by Crippen LogP contribution is -2.38. The number of carbonyl (C=O) groups is 1. The van der Waals surface area contributed by atoms with E-state index >= 15 is 0 Å². The number of hydrogen-bond donors (Lipinski definition) is 1. The van der Waals surface area contributed by atoms with E-state index in [1.54, 1.807) is 11.8 Å². The van der Waals surface area contributed by atoms with Gasteiger partial charge in [0.15, 0.2) is 0 Å². The SMILES string of the molecule is Cc1c(S)ncc(C(=O)N2CCC(c3ccc(F)cc3)CC2)c1Cl. The second kappa shape index (κ2) is 7.11. The van der Waals surface area contributed by atoms with Crippen molar-refractivity contribution in [3.8, 4) is 0 Å². The Balaban J connectivity index is 1.69. The molecule has 3 rings (SSSR count). The van der Waals surface area contributed by atoms with Gasteiger partial charge in [-0.2, -0.15) is 0 Å². The molecule has 6 heteroatoms. The van der Waals surface area contributed by atoms with Gasteiger partial charge in [-0.05, 0) is 43.4 Å². The molecule has 24 heavy (non-hydrogen) atoms. The molecule has 1 aliphatic heterocycles. The maximum Gasteiger partial charge on any atom is 0.256 e. The molecule has 1 amide bonds.